The van der Waals surface area contributed by atoms with E-state index >= 15 is 0 Å². The first kappa shape index (κ1) is 16.2. The third kappa shape index (κ3) is 3.74. The topological polar surface area (TPSA) is 50.3 Å². The normalized spacial score (nSPS) is 13.4. The average Bonchev–Trinajstić information content (AvgIpc) is 2.41. The first-order valence-corrected chi connectivity index (χ1v) is 8.69. The Kier molecular flexibility index (Phi) is 4.88. The van der Waals surface area contributed by atoms with Gasteiger partial charge in [-0.05, 0) is 29.3 Å². The van der Waals surface area contributed by atoms with Crippen LogP contribution in [0.1, 0.15) is 17.2 Å². The van der Waals surface area contributed by atoms with Crippen molar-refractivity contribution in [2.24, 2.45) is 0 Å². The van der Waals surface area contributed by atoms with E-state index in [2.05, 4.69) is 4.98 Å². The molecule has 2 aromatic rings. The van der Waals surface area contributed by atoms with Gasteiger partial charge in [0.05, 0.1) is 12.3 Å². The number of pyridine rings is 1. The van der Waals surface area contributed by atoms with Crippen molar-refractivity contribution in [3.05, 3.63) is 63.9 Å². The van der Waals surface area contributed by atoms with Gasteiger partial charge in [0, 0.05) is 29.5 Å². The highest BCUT2D eigenvalue weighted by atomic mass is 35.5. The van der Waals surface area contributed by atoms with Crippen LogP contribution in [-0.4, -0.2) is 31.0 Å². The summed E-state index contributed by atoms with van der Waals surface area (Å²) in [6, 6.07) is 8.01. The molecule has 7 heteroatoms. The highest BCUT2D eigenvalue weighted by Crippen LogP contribution is 2.34. The molecule has 0 radical (unpaired) electrons. The van der Waals surface area contributed by atoms with E-state index in [0.29, 0.717) is 15.6 Å². The molecule has 0 saturated heterocycles. The molecule has 1 atom stereocenters. The number of hydrogen-bond donors (Lipinski definition) is 0. The van der Waals surface area contributed by atoms with E-state index < -0.39 is 16.1 Å². The summed E-state index contributed by atoms with van der Waals surface area (Å²) in [7, 11) is -1.90. The molecule has 112 valence electrons. The summed E-state index contributed by atoms with van der Waals surface area (Å²) in [5, 5.41) is 0.905. The predicted molar refractivity (Wildman–Crippen MR) is 85.1 cm³/mol. The van der Waals surface area contributed by atoms with Crippen LogP contribution in [0.3, 0.4) is 0 Å². The minimum absolute atomic E-state index is 0.409. The smallest absolute Gasteiger partial charge is 0.211 e. The Bertz CT molecular complexity index is 736. The molecule has 0 aliphatic carbocycles. The van der Waals surface area contributed by atoms with Crippen molar-refractivity contribution in [3.8, 4) is 0 Å². The molecule has 0 amide bonds. The minimum atomic E-state index is -3.41. The molecule has 0 spiro atoms. The van der Waals surface area contributed by atoms with Crippen LogP contribution in [0.2, 0.25) is 10.0 Å². The van der Waals surface area contributed by atoms with E-state index in [1.165, 1.54) is 11.4 Å². The van der Waals surface area contributed by atoms with Crippen molar-refractivity contribution in [3.63, 3.8) is 0 Å². The molecule has 0 fully saturated rings. The lowest BCUT2D eigenvalue weighted by atomic mass is 10.0. The van der Waals surface area contributed by atoms with Gasteiger partial charge in [0.25, 0.3) is 0 Å². The second-order valence-corrected chi connectivity index (χ2v) is 7.52. The lowest BCUT2D eigenvalue weighted by molar-refractivity contribution is 0.421. The summed E-state index contributed by atoms with van der Waals surface area (Å²) in [6.45, 7) is 0. The van der Waals surface area contributed by atoms with Crippen LogP contribution < -0.4 is 0 Å². The van der Waals surface area contributed by atoms with Gasteiger partial charge >= 0.3 is 0 Å². The highest BCUT2D eigenvalue weighted by molar-refractivity contribution is 7.88. The summed E-state index contributed by atoms with van der Waals surface area (Å²) in [6.07, 6.45) is 4.40. The Morgan fingerprint density at radius 1 is 1.24 bits per heavy atom. The predicted octanol–water partition coefficient (Wildman–Crippen LogP) is 3.37. The number of aromatic nitrogens is 1. The van der Waals surface area contributed by atoms with E-state index in [0.717, 1.165) is 11.8 Å². The number of sulfonamides is 1. The van der Waals surface area contributed by atoms with Crippen LogP contribution in [-0.2, 0) is 10.0 Å². The van der Waals surface area contributed by atoms with Crippen LogP contribution >= 0.6 is 23.2 Å². The summed E-state index contributed by atoms with van der Waals surface area (Å²) in [5.41, 5.74) is 1.39. The van der Waals surface area contributed by atoms with E-state index in [9.17, 15) is 8.42 Å². The van der Waals surface area contributed by atoms with Crippen LogP contribution in [0, 0.1) is 0 Å². The molecule has 0 aliphatic heterocycles. The molecule has 1 unspecified atom stereocenters. The van der Waals surface area contributed by atoms with Crippen molar-refractivity contribution in [1.29, 1.82) is 0 Å². The van der Waals surface area contributed by atoms with E-state index in [-0.39, 0.29) is 0 Å². The molecule has 21 heavy (non-hydrogen) atoms. The molecule has 1 heterocycles. The maximum atomic E-state index is 11.9. The second kappa shape index (κ2) is 6.32. The number of halogens is 2. The number of nitrogens with zero attached hydrogens (tertiary/aromatic N) is 2. The van der Waals surface area contributed by atoms with Crippen molar-refractivity contribution in [1.82, 2.24) is 9.29 Å². The maximum absolute atomic E-state index is 11.9. The van der Waals surface area contributed by atoms with Gasteiger partial charge in [-0.1, -0.05) is 35.3 Å². The van der Waals surface area contributed by atoms with Crippen molar-refractivity contribution in [2.75, 3.05) is 13.3 Å². The SMILES string of the molecule is CN(C(c1cccnc1)c1ccc(Cl)cc1Cl)S(C)(=O)=O. The molecule has 2 rings (SSSR count). The summed E-state index contributed by atoms with van der Waals surface area (Å²) in [5.74, 6) is 0. The Morgan fingerprint density at radius 3 is 2.48 bits per heavy atom. The third-order valence-electron chi connectivity index (χ3n) is 3.14. The van der Waals surface area contributed by atoms with E-state index in [1.807, 2.05) is 6.07 Å². The molecule has 0 bridgehead atoms. The first-order valence-electron chi connectivity index (χ1n) is 6.08. The monoisotopic (exact) mass is 344 g/mol. The van der Waals surface area contributed by atoms with Crippen LogP contribution in [0.15, 0.2) is 42.7 Å². The number of benzene rings is 1. The first-order chi connectivity index (χ1) is 9.80. The largest absolute Gasteiger partial charge is 0.264 e. The van der Waals surface area contributed by atoms with Gasteiger partial charge in [-0.25, -0.2) is 8.42 Å². The van der Waals surface area contributed by atoms with Gasteiger partial charge in [0.15, 0.2) is 0 Å². The molecule has 1 aromatic heterocycles. The summed E-state index contributed by atoms with van der Waals surface area (Å²) < 4.78 is 25.1. The Hall–Kier alpha value is -1.14. The summed E-state index contributed by atoms with van der Waals surface area (Å²) in [4.78, 5) is 4.05. The van der Waals surface area contributed by atoms with E-state index in [4.69, 9.17) is 23.2 Å². The molecule has 0 N–H and O–H groups in total. The van der Waals surface area contributed by atoms with Crippen molar-refractivity contribution in [2.45, 2.75) is 6.04 Å². The zero-order chi connectivity index (χ0) is 15.6. The van der Waals surface area contributed by atoms with Gasteiger partial charge in [0.1, 0.15) is 0 Å². The summed E-state index contributed by atoms with van der Waals surface area (Å²) >= 11 is 12.2. The fourth-order valence-electron chi connectivity index (χ4n) is 2.04. The maximum Gasteiger partial charge on any atom is 0.211 e. The fraction of sp³-hybridized carbons (Fsp3) is 0.214. The lowest BCUT2D eigenvalue weighted by Crippen LogP contribution is -2.31. The van der Waals surface area contributed by atoms with E-state index in [1.54, 1.807) is 36.7 Å². The standard InChI is InChI=1S/C14H14Cl2N2O2S/c1-18(21(2,19)20)14(10-4-3-7-17-9-10)12-6-5-11(15)8-13(12)16/h3-9,14H,1-2H3. The number of rotatable bonds is 4. The lowest BCUT2D eigenvalue weighted by Gasteiger charge is -2.27. The van der Waals surface area contributed by atoms with Crippen LogP contribution in [0.5, 0.6) is 0 Å². The molecular weight excluding hydrogens is 331 g/mol. The van der Waals surface area contributed by atoms with Gasteiger partial charge in [-0.2, -0.15) is 4.31 Å². The third-order valence-corrected chi connectivity index (χ3v) is 4.96. The Morgan fingerprint density at radius 2 is 1.95 bits per heavy atom. The van der Waals surface area contributed by atoms with Gasteiger partial charge in [-0.15, -0.1) is 0 Å². The molecule has 0 aliphatic rings. The van der Waals surface area contributed by atoms with Gasteiger partial charge < -0.3 is 0 Å². The Balaban J connectivity index is 2.61. The number of hydrogen-bond acceptors (Lipinski definition) is 3. The molecule has 4 nitrogen and oxygen atoms in total. The second-order valence-electron chi connectivity index (χ2n) is 4.63. The van der Waals surface area contributed by atoms with Crippen LogP contribution in [0.4, 0.5) is 0 Å². The van der Waals surface area contributed by atoms with Crippen molar-refractivity contribution >= 4 is 33.2 Å². The molecule has 0 saturated carbocycles. The highest BCUT2D eigenvalue weighted by Gasteiger charge is 2.27. The van der Waals surface area contributed by atoms with Crippen LogP contribution in [0.25, 0.3) is 0 Å². The van der Waals surface area contributed by atoms with Gasteiger partial charge in [-0.3, -0.25) is 4.98 Å². The van der Waals surface area contributed by atoms with Gasteiger partial charge in [0.2, 0.25) is 10.0 Å². The molecule has 1 aromatic carbocycles. The van der Waals surface area contributed by atoms with Crippen molar-refractivity contribution < 1.29 is 8.42 Å². The Labute approximate surface area is 134 Å². The fourth-order valence-corrected chi connectivity index (χ4v) is 3.17. The zero-order valence-electron chi connectivity index (χ0n) is 11.5. The average molecular weight is 345 g/mol. The minimum Gasteiger partial charge on any atom is -0.264 e. The molecular formula is C14H14Cl2N2O2S. The zero-order valence-corrected chi connectivity index (χ0v) is 13.8. The quantitative estimate of drug-likeness (QED) is 0.854.